The Balaban J connectivity index is 3.89. The van der Waals surface area contributed by atoms with Gasteiger partial charge in [-0.2, -0.15) is 0 Å². The van der Waals surface area contributed by atoms with Crippen molar-refractivity contribution in [1.29, 1.82) is 0 Å². The molecule has 0 heterocycles. The topological polar surface area (TPSA) is 3.24 Å². The van der Waals surface area contributed by atoms with Crippen LogP contribution < -0.4 is 0 Å². The quantitative estimate of drug-likeness (QED) is 0.464. The van der Waals surface area contributed by atoms with Gasteiger partial charge in [0.1, 0.15) is 0 Å². The molecule has 0 unspecified atom stereocenters. The predicted molar refractivity (Wildman–Crippen MR) is 55.7 cm³/mol. The second kappa shape index (κ2) is 4.07. The summed E-state index contributed by atoms with van der Waals surface area (Å²) in [7, 11) is 3.29. The minimum absolute atomic E-state index is 1.00. The summed E-state index contributed by atoms with van der Waals surface area (Å²) < 4.78 is 0. The maximum Gasteiger partial charge on any atom is 0.0668 e. The average molecular weight is 171 g/mol. The van der Waals surface area contributed by atoms with Crippen LogP contribution in [0.5, 0.6) is 0 Å². The number of rotatable bonds is 4. The van der Waals surface area contributed by atoms with Crippen molar-refractivity contribution in [3.05, 3.63) is 12.2 Å². The fraction of sp³-hybridized carbons (Fsp3) is 0.778. The van der Waals surface area contributed by atoms with Crippen molar-refractivity contribution in [1.82, 2.24) is 4.90 Å². The Hall–Kier alpha value is -0.0831. The second-order valence-electron chi connectivity index (χ2n) is 4.54. The molecule has 0 rings (SSSR count). The Morgan fingerprint density at radius 1 is 1.36 bits per heavy atom. The van der Waals surface area contributed by atoms with E-state index in [1.807, 2.05) is 0 Å². The summed E-state index contributed by atoms with van der Waals surface area (Å²) in [6.07, 6.45) is 1.26. The molecule has 0 aliphatic rings. The van der Waals surface area contributed by atoms with Gasteiger partial charge in [0, 0.05) is 0 Å². The highest BCUT2D eigenvalue weighted by Crippen LogP contribution is 2.14. The second-order valence-corrected chi connectivity index (χ2v) is 9.53. The molecule has 0 N–H and O–H groups in total. The van der Waals surface area contributed by atoms with E-state index in [0.717, 1.165) is 0 Å². The largest absolute Gasteiger partial charge is 0.312 e. The molecule has 0 saturated carbocycles. The first-order chi connectivity index (χ1) is 4.83. The molecule has 0 aromatic rings. The van der Waals surface area contributed by atoms with Crippen LogP contribution in [0, 0.1) is 0 Å². The number of nitrogens with zero attached hydrogens (tertiary/aromatic N) is 1. The molecular weight excluding hydrogens is 150 g/mol. The molecule has 0 aromatic carbocycles. The fourth-order valence-corrected chi connectivity index (χ4v) is 5.19. The van der Waals surface area contributed by atoms with Crippen LogP contribution >= 0.6 is 0 Å². The number of hydrogen-bond donors (Lipinski definition) is 0. The van der Waals surface area contributed by atoms with Gasteiger partial charge in [-0.1, -0.05) is 18.7 Å². The van der Waals surface area contributed by atoms with Crippen molar-refractivity contribution in [2.75, 3.05) is 20.3 Å². The van der Waals surface area contributed by atoms with E-state index in [2.05, 4.69) is 45.6 Å². The molecule has 2 heteroatoms. The molecule has 66 valence electrons. The van der Waals surface area contributed by atoms with E-state index in [1.54, 1.807) is 0 Å². The minimum Gasteiger partial charge on any atom is -0.312 e. The van der Waals surface area contributed by atoms with E-state index in [0.29, 0.717) is 0 Å². The van der Waals surface area contributed by atoms with Crippen molar-refractivity contribution in [3.63, 3.8) is 0 Å². The molecule has 0 aliphatic carbocycles. The summed E-state index contributed by atoms with van der Waals surface area (Å²) in [5, 5.41) is 0. The third-order valence-electron chi connectivity index (χ3n) is 1.52. The Morgan fingerprint density at radius 3 is 2.09 bits per heavy atom. The van der Waals surface area contributed by atoms with Crippen molar-refractivity contribution < 1.29 is 0 Å². The molecule has 0 spiro atoms. The number of allylic oxidation sites excluding steroid dienone is 1. The van der Waals surface area contributed by atoms with E-state index in [4.69, 9.17) is 0 Å². The first-order valence-electron chi connectivity index (χ1n) is 4.12. The standard InChI is InChI=1S/C9H21NSi/c1-9(2)7-11(5,6)8-10(3)4/h1,7-8H2,2-6H3. The van der Waals surface area contributed by atoms with Crippen molar-refractivity contribution >= 4 is 8.07 Å². The van der Waals surface area contributed by atoms with E-state index >= 15 is 0 Å². The third kappa shape index (κ3) is 6.32. The van der Waals surface area contributed by atoms with Crippen LogP contribution in [-0.4, -0.2) is 33.2 Å². The van der Waals surface area contributed by atoms with Gasteiger partial charge in [0.05, 0.1) is 8.07 Å². The fourth-order valence-electron chi connectivity index (χ4n) is 1.73. The third-order valence-corrected chi connectivity index (χ3v) is 4.57. The summed E-state index contributed by atoms with van der Waals surface area (Å²) in [6.45, 7) is 10.9. The maximum atomic E-state index is 3.96. The van der Waals surface area contributed by atoms with Crippen LogP contribution in [0.4, 0.5) is 0 Å². The SMILES string of the molecule is C=C(C)C[Si](C)(C)CN(C)C. The highest BCUT2D eigenvalue weighted by Gasteiger charge is 2.20. The van der Waals surface area contributed by atoms with E-state index in [-0.39, 0.29) is 0 Å². The van der Waals surface area contributed by atoms with Gasteiger partial charge in [-0.05, 0) is 33.2 Å². The first-order valence-corrected chi connectivity index (χ1v) is 7.54. The monoisotopic (exact) mass is 171 g/mol. The van der Waals surface area contributed by atoms with Crippen LogP contribution in [0.2, 0.25) is 19.1 Å². The van der Waals surface area contributed by atoms with E-state index in [1.165, 1.54) is 17.8 Å². The molecule has 0 amide bonds. The first kappa shape index (κ1) is 10.9. The van der Waals surface area contributed by atoms with Crippen LogP contribution in [0.15, 0.2) is 12.2 Å². The number of hydrogen-bond acceptors (Lipinski definition) is 1. The van der Waals surface area contributed by atoms with Crippen molar-refractivity contribution in [3.8, 4) is 0 Å². The predicted octanol–water partition coefficient (Wildman–Crippen LogP) is 2.37. The lowest BCUT2D eigenvalue weighted by molar-refractivity contribution is 0.470. The molecule has 0 bridgehead atoms. The molecule has 0 aromatic heterocycles. The van der Waals surface area contributed by atoms with Gasteiger partial charge in [0.2, 0.25) is 0 Å². The van der Waals surface area contributed by atoms with Gasteiger partial charge in [0.25, 0.3) is 0 Å². The Labute approximate surface area is 72.1 Å². The molecule has 11 heavy (non-hydrogen) atoms. The molecule has 0 aliphatic heterocycles. The summed E-state index contributed by atoms with van der Waals surface area (Å²) in [4.78, 5) is 2.29. The van der Waals surface area contributed by atoms with Crippen LogP contribution in [0.3, 0.4) is 0 Å². The van der Waals surface area contributed by atoms with Gasteiger partial charge in [-0.3, -0.25) is 0 Å². The zero-order valence-electron chi connectivity index (χ0n) is 8.57. The molecular formula is C9H21NSi. The van der Waals surface area contributed by atoms with Crippen LogP contribution in [0.1, 0.15) is 6.92 Å². The summed E-state index contributed by atoms with van der Waals surface area (Å²) in [5.41, 5.74) is 1.34. The molecule has 0 fully saturated rings. The smallest absolute Gasteiger partial charge is 0.0668 e. The maximum absolute atomic E-state index is 3.96. The van der Waals surface area contributed by atoms with Crippen LogP contribution in [0.25, 0.3) is 0 Å². The van der Waals surface area contributed by atoms with E-state index < -0.39 is 8.07 Å². The molecule has 1 nitrogen and oxygen atoms in total. The zero-order chi connectivity index (χ0) is 9.07. The summed E-state index contributed by atoms with van der Waals surface area (Å²) in [5.74, 6) is 0. The minimum atomic E-state index is -1.00. The lowest BCUT2D eigenvalue weighted by atomic mass is 10.4. The van der Waals surface area contributed by atoms with Crippen molar-refractivity contribution in [2.24, 2.45) is 0 Å². The van der Waals surface area contributed by atoms with Crippen LogP contribution in [-0.2, 0) is 0 Å². The molecule has 0 saturated heterocycles. The summed E-state index contributed by atoms with van der Waals surface area (Å²) >= 11 is 0. The van der Waals surface area contributed by atoms with Gasteiger partial charge >= 0.3 is 0 Å². The van der Waals surface area contributed by atoms with Gasteiger partial charge in [-0.25, -0.2) is 0 Å². The normalized spacial score (nSPS) is 12.2. The van der Waals surface area contributed by atoms with Gasteiger partial charge < -0.3 is 4.90 Å². The molecule has 0 radical (unpaired) electrons. The van der Waals surface area contributed by atoms with Crippen molar-refractivity contribution in [2.45, 2.75) is 26.1 Å². The highest BCUT2D eigenvalue weighted by molar-refractivity contribution is 6.78. The van der Waals surface area contributed by atoms with E-state index in [9.17, 15) is 0 Å². The Bertz CT molecular complexity index is 138. The summed E-state index contributed by atoms with van der Waals surface area (Å²) in [6, 6.07) is 1.26. The lowest BCUT2D eigenvalue weighted by Gasteiger charge is -2.26. The zero-order valence-corrected chi connectivity index (χ0v) is 9.57. The van der Waals surface area contributed by atoms with Gasteiger partial charge in [0.15, 0.2) is 0 Å². The highest BCUT2D eigenvalue weighted by atomic mass is 28.3. The Kier molecular flexibility index (Phi) is 4.04. The molecule has 0 atom stereocenters. The average Bonchev–Trinajstić information content (AvgIpc) is 1.53. The lowest BCUT2D eigenvalue weighted by Crippen LogP contribution is -2.39. The van der Waals surface area contributed by atoms with Gasteiger partial charge in [-0.15, -0.1) is 6.58 Å². The Morgan fingerprint density at radius 2 is 1.82 bits per heavy atom.